The number of fused-ring (bicyclic) bond motifs is 5. The van der Waals surface area contributed by atoms with Gasteiger partial charge in [0.05, 0.1) is 7.11 Å². The molecule has 0 amide bonds. The van der Waals surface area contributed by atoms with Crippen molar-refractivity contribution in [2.75, 3.05) is 7.11 Å². The standard InChI is InChI=1S/C20H26O2/c1-19-10-8-16-15-6-5-14(22-3)12-13(15)4-7-17(16)20(19,2)18(21)9-11-19/h5-6,12,16-17H,4,7-11H2,1-3H3. The first-order chi connectivity index (χ1) is 10.5. The van der Waals surface area contributed by atoms with Gasteiger partial charge >= 0.3 is 0 Å². The average molecular weight is 298 g/mol. The van der Waals surface area contributed by atoms with E-state index in [-0.39, 0.29) is 10.8 Å². The lowest BCUT2D eigenvalue weighted by Gasteiger charge is -2.55. The van der Waals surface area contributed by atoms with E-state index in [0.29, 0.717) is 17.6 Å². The zero-order valence-electron chi connectivity index (χ0n) is 13.9. The molecule has 4 unspecified atom stereocenters. The van der Waals surface area contributed by atoms with Gasteiger partial charge in [-0.15, -0.1) is 0 Å². The molecule has 0 radical (unpaired) electrons. The Hall–Kier alpha value is -1.31. The lowest BCUT2D eigenvalue weighted by Crippen LogP contribution is -2.50. The molecule has 0 aromatic heterocycles. The predicted molar refractivity (Wildman–Crippen MR) is 87.2 cm³/mol. The van der Waals surface area contributed by atoms with Crippen LogP contribution in [-0.4, -0.2) is 12.9 Å². The minimum atomic E-state index is -0.104. The lowest BCUT2D eigenvalue weighted by molar-refractivity contribution is -0.138. The van der Waals surface area contributed by atoms with Crippen LogP contribution in [0.5, 0.6) is 5.75 Å². The Labute approximate surface area is 133 Å². The topological polar surface area (TPSA) is 26.3 Å². The van der Waals surface area contributed by atoms with Crippen LogP contribution in [0.3, 0.4) is 0 Å². The van der Waals surface area contributed by atoms with E-state index < -0.39 is 0 Å². The lowest BCUT2D eigenvalue weighted by atomic mass is 9.48. The van der Waals surface area contributed by atoms with Gasteiger partial charge in [-0.1, -0.05) is 19.9 Å². The highest BCUT2D eigenvalue weighted by Crippen LogP contribution is 2.66. The number of ether oxygens (including phenoxy) is 1. The molecule has 0 saturated heterocycles. The Kier molecular flexibility index (Phi) is 2.99. The molecule has 1 aromatic rings. The summed E-state index contributed by atoms with van der Waals surface area (Å²) >= 11 is 0. The van der Waals surface area contributed by atoms with E-state index in [0.717, 1.165) is 31.4 Å². The van der Waals surface area contributed by atoms with Crippen LogP contribution < -0.4 is 4.74 Å². The van der Waals surface area contributed by atoms with Crippen LogP contribution in [-0.2, 0) is 11.2 Å². The number of benzene rings is 1. The second kappa shape index (κ2) is 4.59. The fraction of sp³-hybridized carbons (Fsp3) is 0.650. The number of hydrogen-bond donors (Lipinski definition) is 0. The number of methoxy groups -OCH3 is 1. The Morgan fingerprint density at radius 1 is 1.14 bits per heavy atom. The minimum absolute atomic E-state index is 0.104. The summed E-state index contributed by atoms with van der Waals surface area (Å²) in [6.45, 7) is 4.66. The molecule has 0 bridgehead atoms. The molecule has 22 heavy (non-hydrogen) atoms. The number of aryl methyl sites for hydroxylation is 1. The molecule has 3 aliphatic rings. The number of ketones is 1. The third-order valence-electron chi connectivity index (χ3n) is 7.45. The zero-order valence-corrected chi connectivity index (χ0v) is 13.9. The SMILES string of the molecule is COc1ccc2c(c1)CCC1C2CCC2(C)CCC(=O)C12C. The molecule has 4 rings (SSSR count). The molecule has 118 valence electrons. The van der Waals surface area contributed by atoms with Crippen LogP contribution in [0.15, 0.2) is 18.2 Å². The van der Waals surface area contributed by atoms with Gasteiger partial charge in [0, 0.05) is 11.8 Å². The summed E-state index contributed by atoms with van der Waals surface area (Å²) in [5, 5.41) is 0. The van der Waals surface area contributed by atoms with Gasteiger partial charge < -0.3 is 4.74 Å². The Balaban J connectivity index is 1.77. The molecule has 3 aliphatic carbocycles. The molecule has 2 saturated carbocycles. The van der Waals surface area contributed by atoms with Crippen LogP contribution in [0.2, 0.25) is 0 Å². The van der Waals surface area contributed by atoms with Gasteiger partial charge in [-0.25, -0.2) is 0 Å². The van der Waals surface area contributed by atoms with Crippen molar-refractivity contribution in [2.45, 2.75) is 58.3 Å². The third-order valence-corrected chi connectivity index (χ3v) is 7.45. The van der Waals surface area contributed by atoms with Crippen molar-refractivity contribution in [1.82, 2.24) is 0 Å². The summed E-state index contributed by atoms with van der Waals surface area (Å²) < 4.78 is 5.38. The van der Waals surface area contributed by atoms with E-state index in [9.17, 15) is 4.79 Å². The monoisotopic (exact) mass is 298 g/mol. The quantitative estimate of drug-likeness (QED) is 0.762. The minimum Gasteiger partial charge on any atom is -0.497 e. The van der Waals surface area contributed by atoms with Gasteiger partial charge in [0.1, 0.15) is 11.5 Å². The number of rotatable bonds is 1. The van der Waals surface area contributed by atoms with Crippen molar-refractivity contribution >= 4 is 5.78 Å². The fourth-order valence-corrected chi connectivity index (χ4v) is 5.82. The van der Waals surface area contributed by atoms with E-state index in [1.54, 1.807) is 7.11 Å². The first-order valence-electron chi connectivity index (χ1n) is 8.70. The summed E-state index contributed by atoms with van der Waals surface area (Å²) in [4.78, 5) is 12.8. The maximum absolute atomic E-state index is 12.8. The number of hydrogen-bond acceptors (Lipinski definition) is 2. The molecule has 2 fully saturated rings. The maximum Gasteiger partial charge on any atom is 0.139 e. The Morgan fingerprint density at radius 3 is 2.73 bits per heavy atom. The van der Waals surface area contributed by atoms with Gasteiger partial charge in [0.15, 0.2) is 0 Å². The summed E-state index contributed by atoms with van der Waals surface area (Å²) in [5.41, 5.74) is 3.06. The molecule has 4 atom stereocenters. The maximum atomic E-state index is 12.8. The molecule has 0 heterocycles. The van der Waals surface area contributed by atoms with Crippen molar-refractivity contribution in [1.29, 1.82) is 0 Å². The first kappa shape index (κ1) is 14.3. The van der Waals surface area contributed by atoms with Crippen LogP contribution in [0.25, 0.3) is 0 Å². The van der Waals surface area contributed by atoms with Crippen molar-refractivity contribution in [2.24, 2.45) is 16.7 Å². The fourth-order valence-electron chi connectivity index (χ4n) is 5.82. The smallest absolute Gasteiger partial charge is 0.139 e. The molecule has 2 heteroatoms. The van der Waals surface area contributed by atoms with E-state index in [1.165, 1.54) is 24.0 Å². The largest absolute Gasteiger partial charge is 0.497 e. The zero-order chi connectivity index (χ0) is 15.5. The highest BCUT2D eigenvalue weighted by atomic mass is 16.5. The number of carbonyl (C=O) groups is 1. The van der Waals surface area contributed by atoms with Crippen molar-refractivity contribution in [3.8, 4) is 5.75 Å². The van der Waals surface area contributed by atoms with E-state index in [1.807, 2.05) is 0 Å². The summed E-state index contributed by atoms with van der Waals surface area (Å²) in [5.74, 6) is 2.58. The average Bonchev–Trinajstić information content (AvgIpc) is 2.78. The van der Waals surface area contributed by atoms with Crippen molar-refractivity contribution in [3.05, 3.63) is 29.3 Å². The molecule has 1 aromatic carbocycles. The van der Waals surface area contributed by atoms with E-state index >= 15 is 0 Å². The summed E-state index contributed by atoms with van der Waals surface area (Å²) in [6.07, 6.45) is 6.58. The molecule has 0 aliphatic heterocycles. The van der Waals surface area contributed by atoms with Gasteiger partial charge in [0.2, 0.25) is 0 Å². The van der Waals surface area contributed by atoms with Gasteiger partial charge in [-0.2, -0.15) is 0 Å². The van der Waals surface area contributed by atoms with Crippen LogP contribution in [0, 0.1) is 16.7 Å². The molecule has 2 nitrogen and oxygen atoms in total. The highest BCUT2D eigenvalue weighted by Gasteiger charge is 2.62. The predicted octanol–water partition coefficient (Wildman–Crippen LogP) is 4.51. The normalized spacial score (nSPS) is 39.9. The van der Waals surface area contributed by atoms with Crippen molar-refractivity contribution in [3.63, 3.8) is 0 Å². The summed E-state index contributed by atoms with van der Waals surface area (Å²) in [6, 6.07) is 6.56. The van der Waals surface area contributed by atoms with Gasteiger partial charge in [0.25, 0.3) is 0 Å². The van der Waals surface area contributed by atoms with Crippen LogP contribution in [0.4, 0.5) is 0 Å². The van der Waals surface area contributed by atoms with Gasteiger partial charge in [-0.05, 0) is 72.6 Å². The molecule has 0 N–H and O–H groups in total. The van der Waals surface area contributed by atoms with E-state index in [2.05, 4.69) is 32.0 Å². The highest BCUT2D eigenvalue weighted by molar-refractivity contribution is 5.88. The van der Waals surface area contributed by atoms with E-state index in [4.69, 9.17) is 4.74 Å². The first-order valence-corrected chi connectivity index (χ1v) is 8.70. The molecular weight excluding hydrogens is 272 g/mol. The molecule has 0 spiro atoms. The molecular formula is C20H26O2. The second-order valence-corrected chi connectivity index (χ2v) is 8.04. The van der Waals surface area contributed by atoms with Crippen LogP contribution >= 0.6 is 0 Å². The third kappa shape index (κ3) is 1.64. The summed E-state index contributed by atoms with van der Waals surface area (Å²) in [7, 11) is 1.73. The van der Waals surface area contributed by atoms with Gasteiger partial charge in [-0.3, -0.25) is 4.79 Å². The Bertz CT molecular complexity index is 635. The van der Waals surface area contributed by atoms with Crippen molar-refractivity contribution < 1.29 is 9.53 Å². The van der Waals surface area contributed by atoms with Crippen LogP contribution in [0.1, 0.15) is 63.0 Å². The number of carbonyl (C=O) groups excluding carboxylic acids is 1. The number of Topliss-reactive ketones (excluding diaryl/α,β-unsaturated/α-hetero) is 1. The second-order valence-electron chi connectivity index (χ2n) is 8.04. The Morgan fingerprint density at radius 2 is 1.95 bits per heavy atom.